The highest BCUT2D eigenvalue weighted by Gasteiger charge is 2.36. The molecule has 1 fully saturated rings. The monoisotopic (exact) mass is 546 g/mol. The van der Waals surface area contributed by atoms with Crippen molar-refractivity contribution in [3.63, 3.8) is 0 Å². The molecule has 0 unspecified atom stereocenters. The first-order valence-electron chi connectivity index (χ1n) is 10.7. The van der Waals surface area contributed by atoms with E-state index in [2.05, 4.69) is 20.9 Å². The fraction of sp³-hybridized carbons (Fsp3) is 0.208. The van der Waals surface area contributed by atoms with Crippen LogP contribution in [0.2, 0.25) is 0 Å². The SMILES string of the molecule is O=C(O)N1CCN(c2ccc(-n3c(=O)ccc4cnc5ccc(Br)cc5c43)cc2C(F)(F)F)CC1. The molecule has 1 saturated heterocycles. The lowest BCUT2D eigenvalue weighted by Gasteiger charge is -2.36. The van der Waals surface area contributed by atoms with Gasteiger partial charge in [0.15, 0.2) is 0 Å². The van der Waals surface area contributed by atoms with Crippen molar-refractivity contribution in [1.29, 1.82) is 0 Å². The number of hydrogen-bond acceptors (Lipinski definition) is 4. The molecule has 180 valence electrons. The molecule has 1 aliphatic heterocycles. The molecule has 5 rings (SSSR count). The minimum absolute atomic E-state index is 0.0474. The Morgan fingerprint density at radius 3 is 2.43 bits per heavy atom. The molecule has 35 heavy (non-hydrogen) atoms. The Bertz CT molecular complexity index is 1530. The van der Waals surface area contributed by atoms with E-state index in [1.165, 1.54) is 32.6 Å². The maximum Gasteiger partial charge on any atom is 0.418 e. The molecule has 1 N–H and O–H groups in total. The number of rotatable bonds is 2. The van der Waals surface area contributed by atoms with Crippen molar-refractivity contribution in [2.45, 2.75) is 6.18 Å². The zero-order chi connectivity index (χ0) is 24.9. The average Bonchev–Trinajstić information content (AvgIpc) is 2.83. The number of halogens is 4. The highest BCUT2D eigenvalue weighted by atomic mass is 79.9. The summed E-state index contributed by atoms with van der Waals surface area (Å²) < 4.78 is 44.6. The Morgan fingerprint density at radius 1 is 1.00 bits per heavy atom. The van der Waals surface area contributed by atoms with Crippen LogP contribution in [0.3, 0.4) is 0 Å². The molecular weight excluding hydrogens is 529 g/mol. The van der Waals surface area contributed by atoms with Crippen LogP contribution in [0.1, 0.15) is 5.56 Å². The molecule has 0 aliphatic carbocycles. The second-order valence-electron chi connectivity index (χ2n) is 8.19. The Hall–Kier alpha value is -3.60. The van der Waals surface area contributed by atoms with Gasteiger partial charge in [-0.15, -0.1) is 0 Å². The summed E-state index contributed by atoms with van der Waals surface area (Å²) >= 11 is 3.41. The minimum Gasteiger partial charge on any atom is -0.465 e. The average molecular weight is 547 g/mol. The Kier molecular flexibility index (Phi) is 5.66. The van der Waals surface area contributed by atoms with E-state index in [-0.39, 0.29) is 37.6 Å². The maximum atomic E-state index is 14.2. The Morgan fingerprint density at radius 2 is 1.74 bits per heavy atom. The standard InChI is InChI=1S/C24H18BrF3N4O3/c25-15-2-4-19-17(11-15)22-14(13-29-19)1-6-21(33)32(22)16-3-5-20(18(12-16)24(26,27)28)30-7-9-31(10-8-30)23(34)35/h1-6,11-13H,7-10H2,(H,34,35). The second-order valence-corrected chi connectivity index (χ2v) is 9.10. The highest BCUT2D eigenvalue weighted by Crippen LogP contribution is 2.39. The van der Waals surface area contributed by atoms with Crippen LogP contribution in [-0.2, 0) is 6.18 Å². The number of carbonyl (C=O) groups is 1. The first kappa shape index (κ1) is 23.2. The first-order valence-corrected chi connectivity index (χ1v) is 11.5. The van der Waals surface area contributed by atoms with E-state index in [1.807, 2.05) is 0 Å². The van der Waals surface area contributed by atoms with Crippen LogP contribution in [0.5, 0.6) is 0 Å². The van der Waals surface area contributed by atoms with Crippen molar-refractivity contribution in [2.75, 3.05) is 31.1 Å². The number of amides is 1. The summed E-state index contributed by atoms with van der Waals surface area (Å²) in [4.78, 5) is 31.2. The highest BCUT2D eigenvalue weighted by molar-refractivity contribution is 9.10. The number of piperazine rings is 1. The Labute approximate surface area is 205 Å². The van der Waals surface area contributed by atoms with Gasteiger partial charge in [0.1, 0.15) is 0 Å². The number of benzene rings is 2. The van der Waals surface area contributed by atoms with Crippen molar-refractivity contribution in [2.24, 2.45) is 0 Å². The van der Waals surface area contributed by atoms with Crippen LogP contribution in [0.4, 0.5) is 23.7 Å². The van der Waals surface area contributed by atoms with Crippen LogP contribution in [0.15, 0.2) is 64.0 Å². The number of aromatic nitrogens is 2. The molecule has 2 aromatic carbocycles. The van der Waals surface area contributed by atoms with Crippen LogP contribution in [0.25, 0.3) is 27.5 Å². The molecule has 11 heteroatoms. The number of pyridine rings is 2. The zero-order valence-electron chi connectivity index (χ0n) is 18.1. The summed E-state index contributed by atoms with van der Waals surface area (Å²) in [6, 6.07) is 12.1. The lowest BCUT2D eigenvalue weighted by atomic mass is 10.1. The van der Waals surface area contributed by atoms with Gasteiger partial charge in [0, 0.05) is 59.4 Å². The lowest BCUT2D eigenvalue weighted by Crippen LogP contribution is -2.48. The summed E-state index contributed by atoms with van der Waals surface area (Å²) in [7, 11) is 0. The van der Waals surface area contributed by atoms with Gasteiger partial charge in [-0.25, -0.2) is 4.79 Å². The van der Waals surface area contributed by atoms with E-state index >= 15 is 0 Å². The number of hydrogen-bond donors (Lipinski definition) is 1. The van der Waals surface area contributed by atoms with E-state index < -0.39 is 23.4 Å². The quantitative estimate of drug-likeness (QED) is 0.353. The summed E-state index contributed by atoms with van der Waals surface area (Å²) in [6.45, 7) is 0.469. The molecule has 1 amide bonds. The van der Waals surface area contributed by atoms with Crippen LogP contribution in [-0.4, -0.2) is 51.8 Å². The number of fused-ring (bicyclic) bond motifs is 3. The lowest BCUT2D eigenvalue weighted by molar-refractivity contribution is -0.137. The fourth-order valence-corrected chi connectivity index (χ4v) is 4.81. The molecule has 0 spiro atoms. The summed E-state index contributed by atoms with van der Waals surface area (Å²) in [6.07, 6.45) is -4.20. The number of alkyl halides is 3. The molecule has 7 nitrogen and oxygen atoms in total. The summed E-state index contributed by atoms with van der Waals surface area (Å²) in [5.41, 5.74) is -0.269. The van der Waals surface area contributed by atoms with Gasteiger partial charge in [-0.3, -0.25) is 14.3 Å². The molecule has 0 atom stereocenters. The molecule has 3 heterocycles. The third kappa shape index (κ3) is 4.20. The van der Waals surface area contributed by atoms with Crippen molar-refractivity contribution >= 4 is 49.5 Å². The molecule has 2 aromatic heterocycles. The number of carboxylic acid groups (broad SMARTS) is 1. The van der Waals surface area contributed by atoms with Crippen LogP contribution >= 0.6 is 15.9 Å². The second kappa shape index (κ2) is 8.56. The Balaban J connectivity index is 1.69. The van der Waals surface area contributed by atoms with Gasteiger partial charge in [-0.1, -0.05) is 15.9 Å². The summed E-state index contributed by atoms with van der Waals surface area (Å²) in [5.74, 6) is 0. The van der Waals surface area contributed by atoms with Crippen molar-refractivity contribution in [3.8, 4) is 5.69 Å². The van der Waals surface area contributed by atoms with E-state index in [4.69, 9.17) is 5.11 Å². The predicted molar refractivity (Wildman–Crippen MR) is 129 cm³/mol. The van der Waals surface area contributed by atoms with Crippen molar-refractivity contribution < 1.29 is 23.1 Å². The number of anilines is 1. The van der Waals surface area contributed by atoms with Crippen molar-refractivity contribution in [1.82, 2.24) is 14.5 Å². The predicted octanol–water partition coefficient (Wildman–Crippen LogP) is 5.12. The molecule has 1 aliphatic rings. The first-order chi connectivity index (χ1) is 16.6. The summed E-state index contributed by atoms with van der Waals surface area (Å²) in [5, 5.41) is 10.4. The van der Waals surface area contributed by atoms with Gasteiger partial charge in [0.2, 0.25) is 0 Å². The maximum absolute atomic E-state index is 14.2. The van der Waals surface area contributed by atoms with Crippen LogP contribution < -0.4 is 10.5 Å². The molecule has 0 radical (unpaired) electrons. The van der Waals surface area contributed by atoms with Gasteiger partial charge in [-0.2, -0.15) is 13.2 Å². The molecule has 0 saturated carbocycles. The minimum atomic E-state index is -4.68. The third-order valence-corrected chi connectivity index (χ3v) is 6.61. The van der Waals surface area contributed by atoms with Gasteiger partial charge in [0.05, 0.1) is 22.3 Å². The zero-order valence-corrected chi connectivity index (χ0v) is 19.7. The molecule has 4 aromatic rings. The van der Waals surface area contributed by atoms with Gasteiger partial charge in [0.25, 0.3) is 5.56 Å². The largest absolute Gasteiger partial charge is 0.465 e. The van der Waals surface area contributed by atoms with E-state index in [0.717, 1.165) is 10.5 Å². The van der Waals surface area contributed by atoms with E-state index in [1.54, 1.807) is 30.5 Å². The van der Waals surface area contributed by atoms with E-state index in [9.17, 15) is 22.8 Å². The van der Waals surface area contributed by atoms with Gasteiger partial charge < -0.3 is 14.9 Å². The smallest absolute Gasteiger partial charge is 0.418 e. The topological polar surface area (TPSA) is 78.7 Å². The van der Waals surface area contributed by atoms with Crippen LogP contribution in [0, 0.1) is 0 Å². The number of nitrogens with zero attached hydrogens (tertiary/aromatic N) is 4. The molecular formula is C24H18BrF3N4O3. The third-order valence-electron chi connectivity index (χ3n) is 6.11. The van der Waals surface area contributed by atoms with Gasteiger partial charge >= 0.3 is 12.3 Å². The normalized spacial score (nSPS) is 14.6. The van der Waals surface area contributed by atoms with E-state index in [0.29, 0.717) is 21.8 Å². The molecule has 0 bridgehead atoms. The van der Waals surface area contributed by atoms with Gasteiger partial charge in [-0.05, 0) is 42.5 Å². The van der Waals surface area contributed by atoms with Crippen molar-refractivity contribution in [3.05, 3.63) is 75.1 Å². The fourth-order valence-electron chi connectivity index (χ4n) is 4.44.